The van der Waals surface area contributed by atoms with Crippen LogP contribution < -0.4 is 5.32 Å². The molecule has 2 saturated carbocycles. The monoisotopic (exact) mass is 238 g/mol. The molecule has 17 heavy (non-hydrogen) atoms. The van der Waals surface area contributed by atoms with Crippen molar-refractivity contribution >= 4 is 0 Å². The third-order valence-electron chi connectivity index (χ3n) is 5.26. The molecular formula is C15H30N2. The van der Waals surface area contributed by atoms with Crippen LogP contribution in [0.25, 0.3) is 0 Å². The number of hydrogen-bond donors (Lipinski definition) is 1. The summed E-state index contributed by atoms with van der Waals surface area (Å²) < 4.78 is 0. The fourth-order valence-electron chi connectivity index (χ4n) is 3.98. The van der Waals surface area contributed by atoms with Gasteiger partial charge in [0, 0.05) is 6.04 Å². The van der Waals surface area contributed by atoms with Crippen LogP contribution in [0.2, 0.25) is 0 Å². The van der Waals surface area contributed by atoms with Gasteiger partial charge in [0.15, 0.2) is 0 Å². The quantitative estimate of drug-likeness (QED) is 0.792. The van der Waals surface area contributed by atoms with Gasteiger partial charge in [0.1, 0.15) is 0 Å². The molecule has 1 N–H and O–H groups in total. The fraction of sp³-hybridized carbons (Fsp3) is 1.00. The van der Waals surface area contributed by atoms with E-state index in [4.69, 9.17) is 0 Å². The van der Waals surface area contributed by atoms with Gasteiger partial charge in [-0.1, -0.05) is 13.8 Å². The van der Waals surface area contributed by atoms with E-state index in [9.17, 15) is 0 Å². The molecule has 0 bridgehead atoms. The van der Waals surface area contributed by atoms with Gasteiger partial charge >= 0.3 is 0 Å². The second kappa shape index (κ2) is 5.71. The second-order valence-electron chi connectivity index (χ2n) is 6.39. The Bertz CT molecular complexity index is 223. The molecule has 0 aromatic heterocycles. The number of nitrogens with one attached hydrogen (secondary N) is 1. The molecule has 2 aliphatic rings. The molecular weight excluding hydrogens is 208 g/mol. The molecule has 1 spiro atoms. The maximum Gasteiger partial charge on any atom is 0.00925 e. The Balaban J connectivity index is 1.70. The van der Waals surface area contributed by atoms with Crippen molar-refractivity contribution in [2.24, 2.45) is 11.3 Å². The van der Waals surface area contributed by atoms with Crippen LogP contribution in [0.15, 0.2) is 0 Å². The van der Waals surface area contributed by atoms with Gasteiger partial charge in [-0.05, 0) is 76.5 Å². The Morgan fingerprint density at radius 3 is 2.35 bits per heavy atom. The molecule has 0 atom stereocenters. The van der Waals surface area contributed by atoms with Gasteiger partial charge in [-0.3, -0.25) is 0 Å². The molecule has 2 nitrogen and oxygen atoms in total. The predicted octanol–water partition coefficient (Wildman–Crippen LogP) is 2.89. The van der Waals surface area contributed by atoms with Gasteiger partial charge in [0.25, 0.3) is 0 Å². The zero-order valence-electron chi connectivity index (χ0n) is 12.0. The lowest BCUT2D eigenvalue weighted by Crippen LogP contribution is -2.47. The lowest BCUT2D eigenvalue weighted by Gasteiger charge is -2.52. The summed E-state index contributed by atoms with van der Waals surface area (Å²) in [5, 5.41) is 3.50. The molecule has 0 amide bonds. The lowest BCUT2D eigenvalue weighted by atomic mass is 9.55. The maximum atomic E-state index is 3.50. The van der Waals surface area contributed by atoms with Crippen molar-refractivity contribution in [3.05, 3.63) is 0 Å². The first-order valence-electron chi connectivity index (χ1n) is 7.60. The van der Waals surface area contributed by atoms with E-state index in [1.807, 2.05) is 0 Å². The standard InChI is InChI=1S/C15H30N2/c1-4-16-12-13-10-15(11-13)8-6-14(7-9-15)17(3)5-2/h13-14,16H,4-12H2,1-3H3. The third kappa shape index (κ3) is 3.03. The van der Waals surface area contributed by atoms with Crippen molar-refractivity contribution in [1.82, 2.24) is 10.2 Å². The first-order valence-corrected chi connectivity index (χ1v) is 7.60. The van der Waals surface area contributed by atoms with E-state index in [2.05, 4.69) is 31.1 Å². The minimum Gasteiger partial charge on any atom is -0.317 e. The first-order chi connectivity index (χ1) is 8.19. The average Bonchev–Trinajstić information content (AvgIpc) is 2.33. The highest BCUT2D eigenvalue weighted by Gasteiger charge is 2.45. The molecule has 2 rings (SSSR count). The zero-order valence-corrected chi connectivity index (χ0v) is 12.0. The van der Waals surface area contributed by atoms with Crippen molar-refractivity contribution < 1.29 is 0 Å². The summed E-state index contributed by atoms with van der Waals surface area (Å²) in [5.74, 6) is 0.982. The number of nitrogens with zero attached hydrogens (tertiary/aromatic N) is 1. The predicted molar refractivity (Wildman–Crippen MR) is 74.3 cm³/mol. The van der Waals surface area contributed by atoms with Gasteiger partial charge in [-0.15, -0.1) is 0 Å². The van der Waals surface area contributed by atoms with Crippen molar-refractivity contribution in [1.29, 1.82) is 0 Å². The highest BCUT2D eigenvalue weighted by atomic mass is 15.1. The van der Waals surface area contributed by atoms with Crippen LogP contribution in [0, 0.1) is 11.3 Å². The van der Waals surface area contributed by atoms with Gasteiger partial charge in [0.05, 0.1) is 0 Å². The summed E-state index contributed by atoms with van der Waals surface area (Å²) in [4.78, 5) is 2.54. The van der Waals surface area contributed by atoms with E-state index in [1.165, 1.54) is 51.6 Å². The molecule has 100 valence electrons. The Morgan fingerprint density at radius 1 is 1.18 bits per heavy atom. The van der Waals surface area contributed by atoms with Crippen molar-refractivity contribution in [2.75, 3.05) is 26.7 Å². The molecule has 2 aliphatic carbocycles. The minimum atomic E-state index is 0.769. The smallest absolute Gasteiger partial charge is 0.00925 e. The average molecular weight is 238 g/mol. The minimum absolute atomic E-state index is 0.769. The Morgan fingerprint density at radius 2 is 1.82 bits per heavy atom. The number of rotatable bonds is 5. The summed E-state index contributed by atoms with van der Waals surface area (Å²) in [6, 6.07) is 0.874. The molecule has 0 aliphatic heterocycles. The van der Waals surface area contributed by atoms with E-state index in [0.717, 1.165) is 23.9 Å². The molecule has 0 heterocycles. The van der Waals surface area contributed by atoms with Crippen LogP contribution in [0.5, 0.6) is 0 Å². The summed E-state index contributed by atoms with van der Waals surface area (Å²) in [7, 11) is 2.29. The van der Waals surface area contributed by atoms with Crippen molar-refractivity contribution in [2.45, 2.75) is 58.4 Å². The fourth-order valence-corrected chi connectivity index (χ4v) is 3.98. The van der Waals surface area contributed by atoms with Crippen LogP contribution in [0.1, 0.15) is 52.4 Å². The molecule has 0 aromatic rings. The van der Waals surface area contributed by atoms with Crippen LogP contribution in [-0.2, 0) is 0 Å². The third-order valence-corrected chi connectivity index (χ3v) is 5.26. The van der Waals surface area contributed by atoms with E-state index in [1.54, 1.807) is 0 Å². The first kappa shape index (κ1) is 13.4. The Kier molecular flexibility index (Phi) is 4.48. The Hall–Kier alpha value is -0.0800. The molecule has 0 radical (unpaired) electrons. The highest BCUT2D eigenvalue weighted by Crippen LogP contribution is 2.54. The zero-order chi connectivity index (χ0) is 12.3. The highest BCUT2D eigenvalue weighted by molar-refractivity contribution is 4.98. The van der Waals surface area contributed by atoms with E-state index < -0.39 is 0 Å². The second-order valence-corrected chi connectivity index (χ2v) is 6.39. The van der Waals surface area contributed by atoms with Gasteiger partial charge in [-0.2, -0.15) is 0 Å². The van der Waals surface area contributed by atoms with Gasteiger partial charge in [0.2, 0.25) is 0 Å². The van der Waals surface area contributed by atoms with E-state index in [0.29, 0.717) is 0 Å². The molecule has 0 aromatic carbocycles. The van der Waals surface area contributed by atoms with Crippen LogP contribution in [-0.4, -0.2) is 37.6 Å². The Labute approximate surface area is 107 Å². The molecule has 0 saturated heterocycles. The SMILES string of the molecule is CCNCC1CC2(CCC(N(C)CC)CC2)C1. The van der Waals surface area contributed by atoms with Crippen LogP contribution in [0.4, 0.5) is 0 Å². The normalized spacial score (nSPS) is 37.4. The summed E-state index contributed by atoms with van der Waals surface area (Å²) in [5.41, 5.74) is 0.769. The maximum absolute atomic E-state index is 3.50. The van der Waals surface area contributed by atoms with Crippen LogP contribution >= 0.6 is 0 Å². The van der Waals surface area contributed by atoms with Crippen molar-refractivity contribution in [3.8, 4) is 0 Å². The van der Waals surface area contributed by atoms with Crippen molar-refractivity contribution in [3.63, 3.8) is 0 Å². The molecule has 0 unspecified atom stereocenters. The van der Waals surface area contributed by atoms with E-state index >= 15 is 0 Å². The van der Waals surface area contributed by atoms with E-state index in [-0.39, 0.29) is 0 Å². The summed E-state index contributed by atoms with van der Waals surface area (Å²) >= 11 is 0. The summed E-state index contributed by atoms with van der Waals surface area (Å²) in [6.07, 6.45) is 8.87. The number of hydrogen-bond acceptors (Lipinski definition) is 2. The lowest BCUT2D eigenvalue weighted by molar-refractivity contribution is -0.00729. The van der Waals surface area contributed by atoms with Gasteiger partial charge < -0.3 is 10.2 Å². The molecule has 2 fully saturated rings. The van der Waals surface area contributed by atoms with Gasteiger partial charge in [-0.25, -0.2) is 0 Å². The molecule has 2 heteroatoms. The topological polar surface area (TPSA) is 15.3 Å². The van der Waals surface area contributed by atoms with Crippen LogP contribution in [0.3, 0.4) is 0 Å². The largest absolute Gasteiger partial charge is 0.317 e. The summed E-state index contributed by atoms with van der Waals surface area (Å²) in [6.45, 7) is 8.09.